The first-order chi connectivity index (χ1) is 20.6. The van der Waals surface area contributed by atoms with Gasteiger partial charge in [-0.3, -0.25) is 14.4 Å². The zero-order chi connectivity index (χ0) is 30.6. The first-order valence-corrected chi connectivity index (χ1v) is 15.3. The Hall–Kier alpha value is -3.80. The lowest BCUT2D eigenvalue weighted by Gasteiger charge is -2.33. The maximum absolute atomic E-state index is 13.7. The van der Waals surface area contributed by atoms with E-state index in [1.807, 2.05) is 50.2 Å². The summed E-state index contributed by atoms with van der Waals surface area (Å²) in [5.41, 5.74) is 2.32. The molecule has 1 aromatic heterocycles. The van der Waals surface area contributed by atoms with Gasteiger partial charge in [-0.1, -0.05) is 48.5 Å². The Morgan fingerprint density at radius 3 is 2.56 bits per heavy atom. The molecule has 3 heterocycles. The highest BCUT2D eigenvalue weighted by atomic mass is 32.2. The number of amides is 3. The van der Waals surface area contributed by atoms with Crippen molar-refractivity contribution in [2.24, 2.45) is 5.92 Å². The molecule has 10 nitrogen and oxygen atoms in total. The van der Waals surface area contributed by atoms with Gasteiger partial charge in [0.15, 0.2) is 0 Å². The van der Waals surface area contributed by atoms with Crippen LogP contribution < -0.4 is 15.4 Å². The fourth-order valence-corrected chi connectivity index (χ4v) is 6.77. The molecule has 2 aliphatic heterocycles. The molecule has 0 saturated carbocycles. The van der Waals surface area contributed by atoms with Crippen LogP contribution in [0.25, 0.3) is 0 Å². The van der Waals surface area contributed by atoms with Crippen LogP contribution in [0.5, 0.6) is 5.75 Å². The number of aliphatic hydroxyl groups excluding tert-OH is 2. The number of rotatable bonds is 10. The van der Waals surface area contributed by atoms with Crippen LogP contribution in [0, 0.1) is 5.92 Å². The highest BCUT2D eigenvalue weighted by molar-refractivity contribution is 8.00. The van der Waals surface area contributed by atoms with E-state index in [0.29, 0.717) is 11.3 Å². The van der Waals surface area contributed by atoms with E-state index in [1.165, 1.54) is 29.2 Å². The summed E-state index contributed by atoms with van der Waals surface area (Å²) in [5.74, 6) is -1.32. The van der Waals surface area contributed by atoms with E-state index >= 15 is 0 Å². The van der Waals surface area contributed by atoms with Gasteiger partial charge in [0.05, 0.1) is 24.4 Å². The summed E-state index contributed by atoms with van der Waals surface area (Å²) in [4.78, 5) is 42.1. The third-order valence-corrected chi connectivity index (χ3v) is 9.33. The third kappa shape index (κ3) is 7.06. The van der Waals surface area contributed by atoms with Crippen LogP contribution in [0.1, 0.15) is 43.0 Å². The number of nitrogens with zero attached hydrogens (tertiary/aromatic N) is 1. The molecule has 5 rings (SSSR count). The highest BCUT2D eigenvalue weighted by Gasteiger charge is 2.49. The molecular formula is C32H37N3O7S. The zero-order valence-electron chi connectivity index (χ0n) is 24.1. The predicted octanol–water partition coefficient (Wildman–Crippen LogP) is 2.80. The number of carbonyl (C=O) groups excluding carboxylic acids is 3. The fourth-order valence-electron chi connectivity index (χ4n) is 5.63. The van der Waals surface area contributed by atoms with Crippen molar-refractivity contribution in [1.29, 1.82) is 0 Å². The number of thioether (sulfide) groups is 1. The molecule has 5 atom stereocenters. The summed E-state index contributed by atoms with van der Waals surface area (Å²) in [6.45, 7) is 4.06. The molecule has 3 amide bonds. The van der Waals surface area contributed by atoms with Crippen molar-refractivity contribution >= 4 is 29.5 Å². The smallest absolute Gasteiger partial charge is 0.252 e. The maximum Gasteiger partial charge on any atom is 0.252 e. The number of carbonyl (C=O) groups is 3. The molecule has 0 bridgehead atoms. The topological polar surface area (TPSA) is 141 Å². The summed E-state index contributed by atoms with van der Waals surface area (Å²) in [7, 11) is 0. The van der Waals surface area contributed by atoms with Crippen molar-refractivity contribution in [1.82, 2.24) is 15.5 Å². The van der Waals surface area contributed by atoms with E-state index in [0.717, 1.165) is 11.1 Å². The number of para-hydroxylation sites is 1. The number of aliphatic hydroxyl groups is 2. The Bertz CT molecular complexity index is 1420. The highest BCUT2D eigenvalue weighted by Crippen LogP contribution is 2.40. The molecule has 228 valence electrons. The Kier molecular flexibility index (Phi) is 9.43. The number of fused-ring (bicyclic) bond motifs is 1. The molecule has 0 spiro atoms. The van der Waals surface area contributed by atoms with E-state index in [1.54, 1.807) is 24.3 Å². The van der Waals surface area contributed by atoms with Gasteiger partial charge in [0.25, 0.3) is 5.91 Å². The first-order valence-electron chi connectivity index (χ1n) is 14.3. The summed E-state index contributed by atoms with van der Waals surface area (Å²) < 4.78 is 10.1. The Balaban J connectivity index is 1.32. The van der Waals surface area contributed by atoms with Crippen LogP contribution in [0.4, 0.5) is 0 Å². The number of ether oxygens (including phenoxy) is 1. The lowest BCUT2D eigenvalue weighted by Crippen LogP contribution is -2.55. The van der Waals surface area contributed by atoms with Crippen molar-refractivity contribution in [2.45, 2.75) is 62.3 Å². The van der Waals surface area contributed by atoms with Crippen LogP contribution in [0.3, 0.4) is 0 Å². The van der Waals surface area contributed by atoms with Crippen LogP contribution >= 0.6 is 11.8 Å². The Morgan fingerprint density at radius 2 is 1.81 bits per heavy atom. The van der Waals surface area contributed by atoms with Crippen LogP contribution in [0.2, 0.25) is 0 Å². The number of hydrogen-bond acceptors (Lipinski definition) is 8. The molecule has 4 N–H and O–H groups in total. The fraction of sp³-hybridized carbons (Fsp3) is 0.406. The zero-order valence-corrected chi connectivity index (χ0v) is 25.0. The van der Waals surface area contributed by atoms with Gasteiger partial charge >= 0.3 is 0 Å². The molecule has 3 aromatic rings. The number of hydrogen-bond donors (Lipinski definition) is 4. The maximum atomic E-state index is 13.7. The molecule has 11 heteroatoms. The molecule has 2 aromatic carbocycles. The average molecular weight is 608 g/mol. The van der Waals surface area contributed by atoms with Gasteiger partial charge in [-0.05, 0) is 44.4 Å². The molecule has 2 aliphatic rings. The molecule has 0 unspecified atom stereocenters. The second kappa shape index (κ2) is 13.2. The van der Waals surface area contributed by atoms with Crippen molar-refractivity contribution < 1.29 is 33.8 Å². The molecule has 1 fully saturated rings. The Morgan fingerprint density at radius 1 is 1.07 bits per heavy atom. The standard InChI is InChI=1S/C32H37N3O7S/c1-32(2)28(30(39)33-16-21-12-13-41-17-21)35(19-43-32)31(40)24(36)15-22(14-20-8-4-3-5-9-20)29(38)34-27-23-10-6-7-11-26(23)42-18-25(27)37/h3-13,17,22,24-25,27-28,36-37H,14-16,18-19H2,1-2H3,(H,33,39)(H,34,38)/t22-,24-,25+,27-,28+/m0/s1. The van der Waals surface area contributed by atoms with E-state index in [9.17, 15) is 24.6 Å². The van der Waals surface area contributed by atoms with Gasteiger partial charge in [-0.2, -0.15) is 0 Å². The summed E-state index contributed by atoms with van der Waals surface area (Å²) in [6, 6.07) is 16.8. The van der Waals surface area contributed by atoms with Crippen LogP contribution in [0.15, 0.2) is 77.6 Å². The SMILES string of the molecule is CC1(C)SCN(C(=O)[C@@H](O)C[C@H](Cc2ccccc2)C(=O)N[C@H]2c3ccccc3OC[C@H]2O)[C@@H]1C(=O)NCc1ccoc1. The van der Waals surface area contributed by atoms with E-state index in [4.69, 9.17) is 9.15 Å². The number of furan rings is 1. The van der Waals surface area contributed by atoms with Crippen molar-refractivity contribution in [2.75, 3.05) is 12.5 Å². The molecule has 1 saturated heterocycles. The second-order valence-electron chi connectivity index (χ2n) is 11.5. The van der Waals surface area contributed by atoms with E-state index in [2.05, 4.69) is 10.6 Å². The van der Waals surface area contributed by atoms with Gasteiger partial charge in [0, 0.05) is 28.3 Å². The minimum absolute atomic E-state index is 0.0267. The summed E-state index contributed by atoms with van der Waals surface area (Å²) >= 11 is 1.45. The van der Waals surface area contributed by atoms with Crippen molar-refractivity contribution in [3.8, 4) is 5.75 Å². The lowest BCUT2D eigenvalue weighted by molar-refractivity contribution is -0.147. The molecular weight excluding hydrogens is 570 g/mol. The largest absolute Gasteiger partial charge is 0.490 e. The van der Waals surface area contributed by atoms with Crippen LogP contribution in [-0.2, 0) is 27.3 Å². The van der Waals surface area contributed by atoms with Gasteiger partial charge < -0.3 is 34.9 Å². The first kappa shape index (κ1) is 30.7. The predicted molar refractivity (Wildman–Crippen MR) is 161 cm³/mol. The van der Waals surface area contributed by atoms with Gasteiger partial charge in [-0.25, -0.2) is 0 Å². The van der Waals surface area contributed by atoms with Gasteiger partial charge in [0.1, 0.15) is 30.6 Å². The number of benzene rings is 2. The Labute approximate surface area is 254 Å². The third-order valence-electron chi connectivity index (χ3n) is 7.96. The van der Waals surface area contributed by atoms with E-state index < -0.39 is 46.8 Å². The molecule has 0 aliphatic carbocycles. The van der Waals surface area contributed by atoms with Gasteiger partial charge in [0.2, 0.25) is 11.8 Å². The normalized spacial score (nSPS) is 22.1. The summed E-state index contributed by atoms with van der Waals surface area (Å²) in [6.07, 6.45) is 0.681. The van der Waals surface area contributed by atoms with Crippen molar-refractivity contribution in [3.63, 3.8) is 0 Å². The van der Waals surface area contributed by atoms with Crippen LogP contribution in [-0.4, -0.2) is 68.3 Å². The van der Waals surface area contributed by atoms with Crippen molar-refractivity contribution in [3.05, 3.63) is 89.9 Å². The summed E-state index contributed by atoms with van der Waals surface area (Å²) in [5, 5.41) is 27.8. The minimum Gasteiger partial charge on any atom is -0.490 e. The molecule has 43 heavy (non-hydrogen) atoms. The van der Waals surface area contributed by atoms with Gasteiger partial charge in [-0.15, -0.1) is 11.8 Å². The quantitative estimate of drug-likeness (QED) is 0.276. The second-order valence-corrected chi connectivity index (χ2v) is 13.1. The monoisotopic (exact) mass is 607 g/mol. The number of nitrogens with one attached hydrogen (secondary N) is 2. The van der Waals surface area contributed by atoms with E-state index in [-0.39, 0.29) is 37.8 Å². The average Bonchev–Trinajstić information content (AvgIpc) is 3.64. The lowest BCUT2D eigenvalue weighted by atomic mass is 9.90. The molecule has 0 radical (unpaired) electrons. The minimum atomic E-state index is -1.52.